The first-order valence-corrected chi connectivity index (χ1v) is 10.4. The first kappa shape index (κ1) is 20.2. The Morgan fingerprint density at radius 2 is 1.75 bits per heavy atom. The molecule has 1 fully saturated rings. The fourth-order valence-electron chi connectivity index (χ4n) is 2.79. The van der Waals surface area contributed by atoms with Crippen LogP contribution in [0.25, 0.3) is 0 Å². The molecule has 28 heavy (non-hydrogen) atoms. The van der Waals surface area contributed by atoms with E-state index in [1.807, 2.05) is 31.2 Å². The molecule has 1 N–H and O–H groups in total. The van der Waals surface area contributed by atoms with Gasteiger partial charge in [-0.3, -0.25) is 4.79 Å². The van der Waals surface area contributed by atoms with E-state index in [9.17, 15) is 13.2 Å². The maximum absolute atomic E-state index is 12.8. The molecule has 1 heterocycles. The van der Waals surface area contributed by atoms with E-state index in [-0.39, 0.29) is 10.5 Å². The number of ether oxygens (including phenoxy) is 1. The van der Waals surface area contributed by atoms with Gasteiger partial charge in [0.15, 0.2) is 0 Å². The van der Waals surface area contributed by atoms with Crippen LogP contribution in [-0.2, 0) is 14.8 Å². The number of hydrazone groups is 1. The molecule has 0 bridgehead atoms. The Balaban J connectivity index is 1.75. The Bertz CT molecular complexity index is 979. The highest BCUT2D eigenvalue weighted by Crippen LogP contribution is 2.18. The number of carbonyl (C=O) groups excluding carboxylic acids is 1. The third-order valence-electron chi connectivity index (χ3n) is 4.50. The summed E-state index contributed by atoms with van der Waals surface area (Å²) in [6.45, 7) is 5.14. The van der Waals surface area contributed by atoms with Crippen molar-refractivity contribution in [1.29, 1.82) is 0 Å². The zero-order valence-corrected chi connectivity index (χ0v) is 16.7. The second-order valence-electron chi connectivity index (χ2n) is 6.55. The number of carbonyl (C=O) groups is 1. The average molecular weight is 401 g/mol. The number of hydrogen-bond acceptors (Lipinski definition) is 5. The van der Waals surface area contributed by atoms with Crippen molar-refractivity contribution < 1.29 is 17.9 Å². The standard InChI is InChI=1S/C20H23N3O4S/c1-15-6-8-17(9-7-15)16(2)21-22-20(24)18-4-3-5-19(14-18)28(25,26)23-10-12-27-13-11-23/h3-9,14H,10-13H2,1-2H3,(H,22,24)/b21-16-. The summed E-state index contributed by atoms with van der Waals surface area (Å²) in [5, 5.41) is 4.12. The first-order valence-electron chi connectivity index (χ1n) is 8.97. The van der Waals surface area contributed by atoms with E-state index in [4.69, 9.17) is 4.74 Å². The lowest BCUT2D eigenvalue weighted by molar-refractivity contribution is 0.0730. The van der Waals surface area contributed by atoms with Gasteiger partial charge < -0.3 is 4.74 Å². The van der Waals surface area contributed by atoms with Gasteiger partial charge in [-0.2, -0.15) is 9.41 Å². The molecule has 148 valence electrons. The number of aryl methyl sites for hydroxylation is 1. The van der Waals surface area contributed by atoms with Crippen molar-refractivity contribution in [3.8, 4) is 0 Å². The van der Waals surface area contributed by atoms with Crippen molar-refractivity contribution in [2.75, 3.05) is 26.3 Å². The molecule has 0 aromatic heterocycles. The van der Waals surface area contributed by atoms with Crippen LogP contribution in [0, 0.1) is 6.92 Å². The molecule has 1 aliphatic heterocycles. The third-order valence-corrected chi connectivity index (χ3v) is 6.39. The molecule has 0 radical (unpaired) electrons. The summed E-state index contributed by atoms with van der Waals surface area (Å²) >= 11 is 0. The highest BCUT2D eigenvalue weighted by molar-refractivity contribution is 7.89. The lowest BCUT2D eigenvalue weighted by Crippen LogP contribution is -2.40. The summed E-state index contributed by atoms with van der Waals surface area (Å²) < 4.78 is 32.1. The van der Waals surface area contributed by atoms with Crippen molar-refractivity contribution in [1.82, 2.24) is 9.73 Å². The monoisotopic (exact) mass is 401 g/mol. The van der Waals surface area contributed by atoms with Crippen molar-refractivity contribution in [2.24, 2.45) is 5.10 Å². The summed E-state index contributed by atoms with van der Waals surface area (Å²) in [4.78, 5) is 12.5. The fraction of sp³-hybridized carbons (Fsp3) is 0.300. The van der Waals surface area contributed by atoms with E-state index in [1.54, 1.807) is 19.1 Å². The molecule has 0 saturated carbocycles. The van der Waals surface area contributed by atoms with E-state index < -0.39 is 15.9 Å². The molecule has 2 aromatic rings. The molecule has 8 heteroatoms. The molecule has 1 saturated heterocycles. The minimum atomic E-state index is -3.66. The minimum absolute atomic E-state index is 0.0845. The predicted molar refractivity (Wildman–Crippen MR) is 107 cm³/mol. The summed E-state index contributed by atoms with van der Waals surface area (Å²) in [5.41, 5.74) is 5.42. The Labute approximate surface area is 165 Å². The van der Waals surface area contributed by atoms with Gasteiger partial charge in [-0.05, 0) is 37.6 Å². The van der Waals surface area contributed by atoms with Gasteiger partial charge in [-0.15, -0.1) is 0 Å². The molecule has 0 spiro atoms. The molecular weight excluding hydrogens is 378 g/mol. The van der Waals surface area contributed by atoms with Gasteiger partial charge in [0.25, 0.3) is 5.91 Å². The van der Waals surface area contributed by atoms with Crippen LogP contribution >= 0.6 is 0 Å². The van der Waals surface area contributed by atoms with Crippen molar-refractivity contribution in [3.05, 3.63) is 65.2 Å². The molecule has 0 unspecified atom stereocenters. The van der Waals surface area contributed by atoms with Crippen LogP contribution < -0.4 is 5.43 Å². The normalized spacial score (nSPS) is 16.0. The van der Waals surface area contributed by atoms with Gasteiger partial charge in [-0.1, -0.05) is 35.9 Å². The Kier molecular flexibility index (Phi) is 6.23. The van der Waals surface area contributed by atoms with Gasteiger partial charge in [0.2, 0.25) is 10.0 Å². The average Bonchev–Trinajstić information content (AvgIpc) is 2.73. The topological polar surface area (TPSA) is 88.1 Å². The van der Waals surface area contributed by atoms with Gasteiger partial charge >= 0.3 is 0 Å². The summed E-state index contributed by atoms with van der Waals surface area (Å²) in [5.74, 6) is -0.467. The number of nitrogens with zero attached hydrogens (tertiary/aromatic N) is 2. The number of sulfonamides is 1. The van der Waals surface area contributed by atoms with Gasteiger partial charge in [0.05, 0.1) is 23.8 Å². The first-order chi connectivity index (χ1) is 13.4. The zero-order chi connectivity index (χ0) is 20.1. The lowest BCUT2D eigenvalue weighted by Gasteiger charge is -2.26. The second kappa shape index (κ2) is 8.64. The maximum Gasteiger partial charge on any atom is 0.271 e. The van der Waals surface area contributed by atoms with Crippen LogP contribution in [0.5, 0.6) is 0 Å². The highest BCUT2D eigenvalue weighted by atomic mass is 32.2. The van der Waals surface area contributed by atoms with E-state index in [1.165, 1.54) is 16.4 Å². The summed E-state index contributed by atoms with van der Waals surface area (Å²) in [6.07, 6.45) is 0. The maximum atomic E-state index is 12.8. The second-order valence-corrected chi connectivity index (χ2v) is 8.49. The van der Waals surface area contributed by atoms with E-state index in [0.29, 0.717) is 32.0 Å². The van der Waals surface area contributed by atoms with Crippen molar-refractivity contribution >= 4 is 21.6 Å². The van der Waals surface area contributed by atoms with Crippen LogP contribution in [-0.4, -0.2) is 50.6 Å². The number of amides is 1. The Hall–Kier alpha value is -2.55. The summed E-state index contributed by atoms with van der Waals surface area (Å²) in [7, 11) is -3.66. The van der Waals surface area contributed by atoms with Crippen LogP contribution in [0.1, 0.15) is 28.4 Å². The van der Waals surface area contributed by atoms with Gasteiger partial charge in [-0.25, -0.2) is 13.8 Å². The molecule has 2 aromatic carbocycles. The molecular formula is C20H23N3O4S. The molecule has 7 nitrogen and oxygen atoms in total. The van der Waals surface area contributed by atoms with Crippen LogP contribution in [0.3, 0.4) is 0 Å². The van der Waals surface area contributed by atoms with Gasteiger partial charge in [0.1, 0.15) is 0 Å². The Morgan fingerprint density at radius 1 is 1.07 bits per heavy atom. The molecule has 1 aliphatic rings. The number of morpholine rings is 1. The lowest BCUT2D eigenvalue weighted by atomic mass is 10.1. The van der Waals surface area contributed by atoms with Crippen molar-refractivity contribution in [3.63, 3.8) is 0 Å². The molecule has 0 atom stereocenters. The van der Waals surface area contributed by atoms with Crippen LogP contribution in [0.15, 0.2) is 58.5 Å². The highest BCUT2D eigenvalue weighted by Gasteiger charge is 2.26. The van der Waals surface area contributed by atoms with E-state index in [2.05, 4.69) is 10.5 Å². The van der Waals surface area contributed by atoms with Crippen LogP contribution in [0.2, 0.25) is 0 Å². The van der Waals surface area contributed by atoms with E-state index in [0.717, 1.165) is 11.1 Å². The number of nitrogens with one attached hydrogen (secondary N) is 1. The fourth-order valence-corrected chi connectivity index (χ4v) is 4.25. The quantitative estimate of drug-likeness (QED) is 0.614. The van der Waals surface area contributed by atoms with E-state index >= 15 is 0 Å². The largest absolute Gasteiger partial charge is 0.379 e. The molecule has 0 aliphatic carbocycles. The van der Waals surface area contributed by atoms with Crippen molar-refractivity contribution in [2.45, 2.75) is 18.7 Å². The predicted octanol–water partition coefficient (Wildman–Crippen LogP) is 2.17. The zero-order valence-electron chi connectivity index (χ0n) is 15.9. The summed E-state index contributed by atoms with van der Waals surface area (Å²) in [6, 6.07) is 13.8. The SMILES string of the molecule is C/C(=N/NC(=O)c1cccc(S(=O)(=O)N2CCOCC2)c1)c1ccc(C)cc1. The molecule has 3 rings (SSSR count). The number of rotatable bonds is 5. The van der Waals surface area contributed by atoms with Crippen LogP contribution in [0.4, 0.5) is 0 Å². The molecule has 1 amide bonds. The smallest absolute Gasteiger partial charge is 0.271 e. The number of hydrogen-bond donors (Lipinski definition) is 1. The third kappa shape index (κ3) is 4.64. The minimum Gasteiger partial charge on any atom is -0.379 e. The Morgan fingerprint density at radius 3 is 2.43 bits per heavy atom. The van der Waals surface area contributed by atoms with Gasteiger partial charge in [0, 0.05) is 18.7 Å². The number of benzene rings is 2.